The van der Waals surface area contributed by atoms with E-state index < -0.39 is 17.7 Å². The molecule has 136 valence electrons. The lowest BCUT2D eigenvalue weighted by molar-refractivity contribution is -0.141. The third-order valence-corrected chi connectivity index (χ3v) is 2.86. The number of rotatable bonds is 12. The van der Waals surface area contributed by atoms with Crippen LogP contribution in [-0.4, -0.2) is 57.4 Å². The molecular formula is C18H22O7. The lowest BCUT2D eigenvalue weighted by atomic mass is 10.1. The largest absolute Gasteiger partial charge is 0.460 e. The number of hydrogen-bond acceptors (Lipinski definition) is 7. The zero-order valence-corrected chi connectivity index (χ0v) is 14.2. The van der Waals surface area contributed by atoms with Gasteiger partial charge in [0.1, 0.15) is 13.2 Å². The number of hydrogen-bond donors (Lipinski definition) is 0. The molecule has 0 radical (unpaired) electrons. The zero-order chi connectivity index (χ0) is 18.5. The van der Waals surface area contributed by atoms with Gasteiger partial charge in [0.25, 0.3) is 5.78 Å². The molecule has 7 nitrogen and oxygen atoms in total. The molecule has 0 aliphatic heterocycles. The van der Waals surface area contributed by atoms with Crippen molar-refractivity contribution >= 4 is 17.7 Å². The second-order valence-corrected chi connectivity index (χ2v) is 4.97. The first-order valence-corrected chi connectivity index (χ1v) is 7.77. The summed E-state index contributed by atoms with van der Waals surface area (Å²) in [5, 5.41) is 0. The molecular weight excluding hydrogens is 328 g/mol. The van der Waals surface area contributed by atoms with Crippen LogP contribution < -0.4 is 0 Å². The second-order valence-electron chi connectivity index (χ2n) is 4.97. The van der Waals surface area contributed by atoms with Crippen LogP contribution in [0.4, 0.5) is 0 Å². The highest BCUT2D eigenvalue weighted by Gasteiger charge is 2.16. The van der Waals surface area contributed by atoms with E-state index in [2.05, 4.69) is 6.58 Å². The summed E-state index contributed by atoms with van der Waals surface area (Å²) in [5.41, 5.74) is 0.623. The van der Waals surface area contributed by atoms with E-state index in [0.717, 1.165) is 0 Å². The highest BCUT2D eigenvalue weighted by atomic mass is 16.6. The number of ketones is 1. The van der Waals surface area contributed by atoms with E-state index >= 15 is 0 Å². The summed E-state index contributed by atoms with van der Waals surface area (Å²) in [7, 11) is 0. The molecule has 1 aromatic carbocycles. The van der Waals surface area contributed by atoms with Crippen molar-refractivity contribution in [2.24, 2.45) is 0 Å². The summed E-state index contributed by atoms with van der Waals surface area (Å²) in [6, 6.07) is 8.19. The minimum absolute atomic E-state index is 0.0202. The molecule has 0 saturated heterocycles. The normalized spacial score (nSPS) is 10.1. The minimum Gasteiger partial charge on any atom is -0.460 e. The number of carbonyl (C=O) groups excluding carboxylic acids is 3. The molecule has 0 amide bonds. The second kappa shape index (κ2) is 11.9. The van der Waals surface area contributed by atoms with Crippen molar-refractivity contribution in [3.8, 4) is 0 Å². The number of Topliss-reactive ketones (excluding diaryl/α,β-unsaturated/α-hetero) is 1. The monoisotopic (exact) mass is 350 g/mol. The van der Waals surface area contributed by atoms with Crippen LogP contribution in [0.1, 0.15) is 17.3 Å². The maximum atomic E-state index is 11.7. The summed E-state index contributed by atoms with van der Waals surface area (Å²) in [6.45, 7) is 6.16. The topological polar surface area (TPSA) is 88.1 Å². The van der Waals surface area contributed by atoms with Crippen molar-refractivity contribution in [3.63, 3.8) is 0 Å². The fraction of sp³-hybridized carbons (Fsp3) is 0.389. The van der Waals surface area contributed by atoms with Crippen molar-refractivity contribution in [1.82, 2.24) is 0 Å². The molecule has 25 heavy (non-hydrogen) atoms. The molecule has 0 unspecified atom stereocenters. The minimum atomic E-state index is -0.912. The van der Waals surface area contributed by atoms with Crippen LogP contribution in [-0.2, 0) is 28.5 Å². The third kappa shape index (κ3) is 8.78. The van der Waals surface area contributed by atoms with Crippen LogP contribution in [0.2, 0.25) is 0 Å². The Bertz CT molecular complexity index is 580. The van der Waals surface area contributed by atoms with Crippen molar-refractivity contribution in [3.05, 3.63) is 48.0 Å². The molecule has 0 aromatic heterocycles. The van der Waals surface area contributed by atoms with Gasteiger partial charge >= 0.3 is 11.9 Å². The van der Waals surface area contributed by atoms with Crippen LogP contribution in [0.15, 0.2) is 42.5 Å². The molecule has 1 rings (SSSR count). The molecule has 0 atom stereocenters. The van der Waals surface area contributed by atoms with E-state index in [4.69, 9.17) is 18.9 Å². The van der Waals surface area contributed by atoms with Gasteiger partial charge in [0.15, 0.2) is 0 Å². The summed E-state index contributed by atoms with van der Waals surface area (Å²) < 4.78 is 20.1. The van der Waals surface area contributed by atoms with E-state index in [1.807, 2.05) is 0 Å². The lowest BCUT2D eigenvalue weighted by Gasteiger charge is -2.07. The summed E-state index contributed by atoms with van der Waals surface area (Å²) in [6.07, 6.45) is 0. The fourth-order valence-corrected chi connectivity index (χ4v) is 1.60. The summed E-state index contributed by atoms with van der Waals surface area (Å²) in [4.78, 5) is 34.4. The van der Waals surface area contributed by atoms with Gasteiger partial charge in [0, 0.05) is 11.1 Å². The molecule has 0 saturated carbocycles. The van der Waals surface area contributed by atoms with Gasteiger partial charge in [-0.05, 0) is 6.92 Å². The number of ether oxygens (including phenoxy) is 4. The van der Waals surface area contributed by atoms with Crippen LogP contribution in [0, 0.1) is 0 Å². The zero-order valence-electron chi connectivity index (χ0n) is 14.2. The van der Waals surface area contributed by atoms with Crippen molar-refractivity contribution < 1.29 is 33.3 Å². The van der Waals surface area contributed by atoms with Gasteiger partial charge in [-0.2, -0.15) is 0 Å². The molecule has 1 aromatic rings. The lowest BCUT2D eigenvalue weighted by Crippen LogP contribution is -2.20. The Labute approximate surface area is 146 Å². The molecule has 7 heteroatoms. The van der Waals surface area contributed by atoms with Gasteiger partial charge in [-0.3, -0.25) is 4.79 Å². The van der Waals surface area contributed by atoms with Gasteiger partial charge in [-0.25, -0.2) is 9.59 Å². The van der Waals surface area contributed by atoms with Crippen molar-refractivity contribution in [2.45, 2.75) is 6.92 Å². The van der Waals surface area contributed by atoms with Crippen LogP contribution >= 0.6 is 0 Å². The average molecular weight is 350 g/mol. The Morgan fingerprint density at radius 1 is 0.800 bits per heavy atom. The summed E-state index contributed by atoms with van der Waals surface area (Å²) >= 11 is 0. The SMILES string of the molecule is C=C(C)C(=O)OCCOCCOCCOC(=O)C(=O)c1ccccc1. The smallest absolute Gasteiger partial charge is 0.379 e. The molecule has 0 bridgehead atoms. The molecule has 0 spiro atoms. The van der Waals surface area contributed by atoms with Gasteiger partial charge in [-0.1, -0.05) is 36.9 Å². The maximum absolute atomic E-state index is 11.7. The molecule has 0 N–H and O–H groups in total. The van der Waals surface area contributed by atoms with E-state index in [-0.39, 0.29) is 32.0 Å². The predicted molar refractivity (Wildman–Crippen MR) is 89.1 cm³/mol. The highest BCUT2D eigenvalue weighted by molar-refractivity contribution is 6.40. The Morgan fingerprint density at radius 2 is 1.28 bits per heavy atom. The first kappa shape index (κ1) is 20.5. The molecule has 0 fully saturated rings. The maximum Gasteiger partial charge on any atom is 0.379 e. The van der Waals surface area contributed by atoms with E-state index in [1.54, 1.807) is 37.3 Å². The van der Waals surface area contributed by atoms with Crippen LogP contribution in [0.5, 0.6) is 0 Å². The fourth-order valence-electron chi connectivity index (χ4n) is 1.60. The van der Waals surface area contributed by atoms with Crippen LogP contribution in [0.25, 0.3) is 0 Å². The van der Waals surface area contributed by atoms with E-state index in [0.29, 0.717) is 18.8 Å². The first-order chi connectivity index (χ1) is 12.0. The number of carbonyl (C=O) groups is 3. The van der Waals surface area contributed by atoms with Gasteiger partial charge < -0.3 is 18.9 Å². The van der Waals surface area contributed by atoms with Gasteiger partial charge in [0.05, 0.1) is 26.4 Å². The highest BCUT2D eigenvalue weighted by Crippen LogP contribution is 2.01. The van der Waals surface area contributed by atoms with Crippen molar-refractivity contribution in [1.29, 1.82) is 0 Å². The molecule has 0 heterocycles. The van der Waals surface area contributed by atoms with E-state index in [1.165, 1.54) is 0 Å². The average Bonchev–Trinajstić information content (AvgIpc) is 2.62. The molecule has 0 aliphatic rings. The quantitative estimate of drug-likeness (QED) is 0.186. The van der Waals surface area contributed by atoms with Crippen molar-refractivity contribution in [2.75, 3.05) is 39.6 Å². The summed E-state index contributed by atoms with van der Waals surface area (Å²) in [5.74, 6) is -2.05. The van der Waals surface area contributed by atoms with Gasteiger partial charge in [-0.15, -0.1) is 0 Å². The van der Waals surface area contributed by atoms with E-state index in [9.17, 15) is 14.4 Å². The first-order valence-electron chi connectivity index (χ1n) is 7.77. The Hall–Kier alpha value is -2.51. The molecule has 0 aliphatic carbocycles. The Balaban J connectivity index is 1.98. The van der Waals surface area contributed by atoms with Crippen LogP contribution in [0.3, 0.4) is 0 Å². The Morgan fingerprint density at radius 3 is 1.80 bits per heavy atom. The number of esters is 2. The number of benzene rings is 1. The predicted octanol–water partition coefficient (Wildman–Crippen LogP) is 1.56. The van der Waals surface area contributed by atoms with Gasteiger partial charge in [0.2, 0.25) is 0 Å². The third-order valence-electron chi connectivity index (χ3n) is 2.86. The Kier molecular flexibility index (Phi) is 9.81. The standard InChI is InChI=1S/C18H22O7/c1-14(2)17(20)24-12-10-22-8-9-23-11-13-25-18(21)16(19)15-6-4-3-5-7-15/h3-7H,1,8-13H2,2H3.